The Bertz CT molecular complexity index is 310. The molecule has 2 aliphatic carbocycles. The summed E-state index contributed by atoms with van der Waals surface area (Å²) in [6.07, 6.45) is 6.65. The van der Waals surface area contributed by atoms with Crippen molar-refractivity contribution in [2.75, 3.05) is 0 Å². The minimum Gasteiger partial charge on any atom is -0.353 e. The molecule has 2 aliphatic rings. The highest BCUT2D eigenvalue weighted by atomic mass is 16.1. The third-order valence-corrected chi connectivity index (χ3v) is 5.89. The number of unbranched alkanes of at least 4 members (excludes halogenated alkanes) is 1. The molecule has 0 spiro atoms. The first-order valence-corrected chi connectivity index (χ1v) is 7.21. The SMILES string of the molecule is CCCCC(=O)N[C@H]1C[C@H]2CC[C@]1(C)C2(C)C. The van der Waals surface area contributed by atoms with E-state index in [9.17, 15) is 4.79 Å². The lowest BCUT2D eigenvalue weighted by Crippen LogP contribution is -2.46. The van der Waals surface area contributed by atoms with Crippen LogP contribution in [0.15, 0.2) is 0 Å². The van der Waals surface area contributed by atoms with Crippen LogP contribution in [0.25, 0.3) is 0 Å². The topological polar surface area (TPSA) is 29.1 Å². The summed E-state index contributed by atoms with van der Waals surface area (Å²) in [5, 5.41) is 3.30. The molecule has 2 heteroatoms. The summed E-state index contributed by atoms with van der Waals surface area (Å²) in [5.74, 6) is 1.07. The lowest BCUT2D eigenvalue weighted by molar-refractivity contribution is -0.123. The van der Waals surface area contributed by atoms with E-state index in [0.717, 1.165) is 18.8 Å². The van der Waals surface area contributed by atoms with E-state index in [1.165, 1.54) is 19.3 Å². The van der Waals surface area contributed by atoms with Crippen molar-refractivity contribution < 1.29 is 4.79 Å². The van der Waals surface area contributed by atoms with Crippen LogP contribution in [0.4, 0.5) is 0 Å². The van der Waals surface area contributed by atoms with Gasteiger partial charge in [0, 0.05) is 12.5 Å². The van der Waals surface area contributed by atoms with Crippen molar-refractivity contribution in [1.29, 1.82) is 0 Å². The molecule has 1 N–H and O–H groups in total. The molecule has 0 unspecified atom stereocenters. The summed E-state index contributed by atoms with van der Waals surface area (Å²) in [6, 6.07) is 0.417. The molecule has 2 nitrogen and oxygen atoms in total. The van der Waals surface area contributed by atoms with Gasteiger partial charge in [0.1, 0.15) is 0 Å². The Balaban J connectivity index is 1.98. The van der Waals surface area contributed by atoms with E-state index in [0.29, 0.717) is 23.3 Å². The van der Waals surface area contributed by atoms with Gasteiger partial charge in [0.05, 0.1) is 0 Å². The number of carbonyl (C=O) groups excluding carboxylic acids is 1. The largest absolute Gasteiger partial charge is 0.353 e. The van der Waals surface area contributed by atoms with Crippen molar-refractivity contribution in [3.63, 3.8) is 0 Å². The first kappa shape index (κ1) is 12.9. The molecule has 2 rings (SSSR count). The van der Waals surface area contributed by atoms with Crippen molar-refractivity contribution >= 4 is 5.91 Å². The van der Waals surface area contributed by atoms with Crippen LogP contribution < -0.4 is 5.32 Å². The molecule has 2 saturated carbocycles. The quantitative estimate of drug-likeness (QED) is 0.796. The van der Waals surface area contributed by atoms with Crippen molar-refractivity contribution in [2.45, 2.75) is 72.3 Å². The Morgan fingerprint density at radius 2 is 2.06 bits per heavy atom. The number of rotatable bonds is 4. The first-order valence-electron chi connectivity index (χ1n) is 7.21. The van der Waals surface area contributed by atoms with Crippen LogP contribution >= 0.6 is 0 Å². The molecule has 2 bridgehead atoms. The zero-order chi connectivity index (χ0) is 12.7. The van der Waals surface area contributed by atoms with Crippen molar-refractivity contribution in [3.8, 4) is 0 Å². The van der Waals surface area contributed by atoms with E-state index >= 15 is 0 Å². The summed E-state index contributed by atoms with van der Waals surface area (Å²) in [5.41, 5.74) is 0.718. The van der Waals surface area contributed by atoms with E-state index in [-0.39, 0.29) is 5.91 Å². The van der Waals surface area contributed by atoms with Crippen molar-refractivity contribution in [2.24, 2.45) is 16.7 Å². The highest BCUT2D eigenvalue weighted by Gasteiger charge is 2.61. The maximum atomic E-state index is 11.9. The second-order valence-electron chi connectivity index (χ2n) is 6.83. The van der Waals surface area contributed by atoms with Gasteiger partial charge in [0.15, 0.2) is 0 Å². The van der Waals surface area contributed by atoms with Gasteiger partial charge in [-0.05, 0) is 42.4 Å². The van der Waals surface area contributed by atoms with E-state index < -0.39 is 0 Å². The Labute approximate surface area is 106 Å². The molecule has 3 atom stereocenters. The van der Waals surface area contributed by atoms with E-state index in [1.807, 2.05) is 0 Å². The van der Waals surface area contributed by atoms with Gasteiger partial charge in [-0.2, -0.15) is 0 Å². The summed E-state index contributed by atoms with van der Waals surface area (Å²) in [6.45, 7) is 9.30. The second-order valence-corrected chi connectivity index (χ2v) is 6.83. The third kappa shape index (κ3) is 1.90. The summed E-state index contributed by atoms with van der Waals surface area (Å²) < 4.78 is 0. The fraction of sp³-hybridized carbons (Fsp3) is 0.933. The van der Waals surface area contributed by atoms with Gasteiger partial charge in [0.25, 0.3) is 0 Å². The highest BCUT2D eigenvalue weighted by molar-refractivity contribution is 5.76. The average molecular weight is 237 g/mol. The van der Waals surface area contributed by atoms with Crippen LogP contribution in [0, 0.1) is 16.7 Å². The Hall–Kier alpha value is -0.530. The van der Waals surface area contributed by atoms with E-state index in [1.54, 1.807) is 0 Å². The normalized spacial score (nSPS) is 38.4. The third-order valence-electron chi connectivity index (χ3n) is 5.89. The maximum Gasteiger partial charge on any atom is 0.220 e. The molecular weight excluding hydrogens is 210 g/mol. The van der Waals surface area contributed by atoms with Gasteiger partial charge < -0.3 is 5.32 Å². The highest BCUT2D eigenvalue weighted by Crippen LogP contribution is 2.65. The standard InChI is InChI=1S/C15H27NO/c1-5-6-7-13(17)16-12-10-11-8-9-15(12,4)14(11,2)3/h11-12H,5-10H2,1-4H3,(H,16,17)/t11-,12+,15+/m1/s1. The van der Waals surface area contributed by atoms with Gasteiger partial charge in [-0.1, -0.05) is 34.1 Å². The number of hydrogen-bond acceptors (Lipinski definition) is 1. The number of amides is 1. The van der Waals surface area contributed by atoms with Gasteiger partial charge in [-0.25, -0.2) is 0 Å². The minimum absolute atomic E-state index is 0.265. The molecule has 0 aromatic heterocycles. The van der Waals surface area contributed by atoms with Crippen LogP contribution in [0.5, 0.6) is 0 Å². The molecular formula is C15H27NO. The predicted molar refractivity (Wildman–Crippen MR) is 70.7 cm³/mol. The minimum atomic E-state index is 0.265. The molecule has 2 fully saturated rings. The Morgan fingerprint density at radius 3 is 2.53 bits per heavy atom. The van der Waals surface area contributed by atoms with Crippen LogP contribution in [0.2, 0.25) is 0 Å². The van der Waals surface area contributed by atoms with Gasteiger partial charge in [-0.15, -0.1) is 0 Å². The van der Waals surface area contributed by atoms with Gasteiger partial charge in [0.2, 0.25) is 5.91 Å². The number of carbonyl (C=O) groups is 1. The Morgan fingerprint density at radius 1 is 1.35 bits per heavy atom. The van der Waals surface area contributed by atoms with Crippen LogP contribution in [0.3, 0.4) is 0 Å². The molecule has 1 amide bonds. The van der Waals surface area contributed by atoms with Crippen molar-refractivity contribution in [3.05, 3.63) is 0 Å². The van der Waals surface area contributed by atoms with Crippen LogP contribution in [-0.2, 0) is 4.79 Å². The van der Waals surface area contributed by atoms with E-state index in [4.69, 9.17) is 0 Å². The van der Waals surface area contributed by atoms with Crippen LogP contribution in [-0.4, -0.2) is 11.9 Å². The molecule has 0 aromatic rings. The fourth-order valence-electron chi connectivity index (χ4n) is 4.03. The Kier molecular flexibility index (Phi) is 3.26. The monoisotopic (exact) mass is 237 g/mol. The van der Waals surface area contributed by atoms with Crippen molar-refractivity contribution in [1.82, 2.24) is 5.32 Å². The summed E-state index contributed by atoms with van der Waals surface area (Å²) in [7, 11) is 0. The zero-order valence-electron chi connectivity index (χ0n) is 11.8. The predicted octanol–water partition coefficient (Wildman–Crippen LogP) is 3.51. The second kappa shape index (κ2) is 4.29. The lowest BCUT2D eigenvalue weighted by Gasteiger charge is -2.39. The molecule has 0 aromatic carbocycles. The maximum absolute atomic E-state index is 11.9. The molecule has 0 heterocycles. The smallest absolute Gasteiger partial charge is 0.220 e. The summed E-state index contributed by atoms with van der Waals surface area (Å²) in [4.78, 5) is 11.9. The number of fused-ring (bicyclic) bond motifs is 2. The summed E-state index contributed by atoms with van der Waals surface area (Å²) >= 11 is 0. The molecule has 17 heavy (non-hydrogen) atoms. The molecule has 0 aliphatic heterocycles. The number of nitrogens with one attached hydrogen (secondary N) is 1. The average Bonchev–Trinajstić information content (AvgIpc) is 2.59. The zero-order valence-corrected chi connectivity index (χ0v) is 11.8. The fourth-order valence-corrected chi connectivity index (χ4v) is 4.03. The van der Waals surface area contributed by atoms with E-state index in [2.05, 4.69) is 33.0 Å². The van der Waals surface area contributed by atoms with Crippen LogP contribution in [0.1, 0.15) is 66.2 Å². The molecule has 98 valence electrons. The molecule has 0 saturated heterocycles. The number of hydrogen-bond donors (Lipinski definition) is 1. The van der Waals surface area contributed by atoms with Gasteiger partial charge in [-0.3, -0.25) is 4.79 Å². The van der Waals surface area contributed by atoms with Gasteiger partial charge >= 0.3 is 0 Å². The molecule has 0 radical (unpaired) electrons. The first-order chi connectivity index (χ1) is 7.91. The lowest BCUT2D eigenvalue weighted by atomic mass is 9.69.